The Kier molecular flexibility index (Phi) is 5.42. The van der Waals surface area contributed by atoms with E-state index in [9.17, 15) is 18.3 Å². The van der Waals surface area contributed by atoms with E-state index < -0.39 is 27.0 Å². The third-order valence-electron chi connectivity index (χ3n) is 4.51. The molecule has 0 saturated carbocycles. The first-order valence-corrected chi connectivity index (χ1v) is 11.0. The van der Waals surface area contributed by atoms with Crippen molar-refractivity contribution in [2.24, 2.45) is 0 Å². The lowest BCUT2D eigenvalue weighted by molar-refractivity contribution is -0.137. The number of halogens is 1. The molecule has 1 aliphatic rings. The number of benzene rings is 1. The Morgan fingerprint density at radius 2 is 1.88 bits per heavy atom. The molecule has 1 aromatic heterocycles. The van der Waals surface area contributed by atoms with E-state index in [4.69, 9.17) is 11.6 Å². The first kappa shape index (κ1) is 19.0. The number of hydrogen-bond acceptors (Lipinski definition) is 4. The molecule has 136 valence electrons. The number of thiophene rings is 1. The van der Waals surface area contributed by atoms with Crippen molar-refractivity contribution in [2.75, 3.05) is 5.75 Å². The number of rotatable bonds is 3. The van der Waals surface area contributed by atoms with Gasteiger partial charge < -0.3 is 5.11 Å². The van der Waals surface area contributed by atoms with Crippen LogP contribution in [0.1, 0.15) is 41.0 Å². The zero-order valence-electron chi connectivity index (χ0n) is 13.9. The highest BCUT2D eigenvalue weighted by Gasteiger charge is 2.49. The molecule has 7 heteroatoms. The van der Waals surface area contributed by atoms with Gasteiger partial charge in [0, 0.05) is 15.5 Å². The maximum absolute atomic E-state index is 12.8. The molecule has 1 aliphatic heterocycles. The number of carboxylic acids is 1. The summed E-state index contributed by atoms with van der Waals surface area (Å²) in [6, 6.07) is 10.6. The van der Waals surface area contributed by atoms with Gasteiger partial charge in [-0.1, -0.05) is 29.9 Å². The summed E-state index contributed by atoms with van der Waals surface area (Å²) >= 11 is 7.11. The van der Waals surface area contributed by atoms with Crippen molar-refractivity contribution in [3.05, 3.63) is 56.7 Å². The van der Waals surface area contributed by atoms with Crippen LogP contribution in [0.3, 0.4) is 0 Å². The third-order valence-corrected chi connectivity index (χ3v) is 8.68. The van der Waals surface area contributed by atoms with Crippen LogP contribution < -0.4 is 0 Å². The quantitative estimate of drug-likeness (QED) is 0.777. The highest BCUT2D eigenvalue weighted by molar-refractivity contribution is 7.92. The zero-order chi connectivity index (χ0) is 18.8. The molecule has 0 unspecified atom stereocenters. The molecule has 26 heavy (non-hydrogen) atoms. The van der Waals surface area contributed by atoms with Crippen LogP contribution in [0.5, 0.6) is 0 Å². The molecule has 0 amide bonds. The molecule has 1 atom stereocenters. The summed E-state index contributed by atoms with van der Waals surface area (Å²) in [7, 11) is -3.53. The fourth-order valence-electron chi connectivity index (χ4n) is 3.18. The van der Waals surface area contributed by atoms with Gasteiger partial charge in [-0.25, -0.2) is 8.42 Å². The topological polar surface area (TPSA) is 71.4 Å². The Morgan fingerprint density at radius 3 is 2.54 bits per heavy atom. The van der Waals surface area contributed by atoms with Crippen LogP contribution >= 0.6 is 22.9 Å². The Hall–Kier alpha value is -1.81. The van der Waals surface area contributed by atoms with Crippen molar-refractivity contribution in [3.63, 3.8) is 0 Å². The molecule has 0 spiro atoms. The van der Waals surface area contributed by atoms with Crippen molar-refractivity contribution in [3.8, 4) is 11.8 Å². The SMILES string of the molecule is O=C(O)C[C@]1(c2ccc(C#Cc3ccc(Cl)cc3)s2)CCCCS1(=O)=O. The fraction of sp³-hybridized carbons (Fsp3) is 0.316. The molecule has 2 heterocycles. The first-order chi connectivity index (χ1) is 12.3. The molecular weight excluding hydrogens is 392 g/mol. The number of carbonyl (C=O) groups is 1. The molecule has 3 rings (SSSR count). The van der Waals surface area contributed by atoms with Gasteiger partial charge in [-0.2, -0.15) is 0 Å². The molecule has 2 aromatic rings. The molecule has 4 nitrogen and oxygen atoms in total. The van der Waals surface area contributed by atoms with Crippen molar-refractivity contribution in [1.82, 2.24) is 0 Å². The summed E-state index contributed by atoms with van der Waals surface area (Å²) in [6.45, 7) is 0. The van der Waals surface area contributed by atoms with E-state index >= 15 is 0 Å². The molecule has 1 N–H and O–H groups in total. The lowest BCUT2D eigenvalue weighted by atomic mass is 9.95. The van der Waals surface area contributed by atoms with Gasteiger partial charge in [-0.05, 0) is 49.2 Å². The normalized spacial score (nSPS) is 21.6. The second-order valence-corrected chi connectivity index (χ2v) is 10.2. The van der Waals surface area contributed by atoms with E-state index in [1.54, 1.807) is 36.4 Å². The minimum absolute atomic E-state index is 0.0317. The maximum Gasteiger partial charge on any atom is 0.305 e. The predicted molar refractivity (Wildman–Crippen MR) is 103 cm³/mol. The Balaban J connectivity index is 1.96. The van der Waals surface area contributed by atoms with Crippen LogP contribution in [-0.4, -0.2) is 25.2 Å². The molecule has 0 radical (unpaired) electrons. The zero-order valence-corrected chi connectivity index (χ0v) is 16.3. The smallest absolute Gasteiger partial charge is 0.305 e. The van der Waals surface area contributed by atoms with Crippen molar-refractivity contribution >= 4 is 38.7 Å². The lowest BCUT2D eigenvalue weighted by Crippen LogP contribution is -2.41. The van der Waals surface area contributed by atoms with Gasteiger partial charge in [0.2, 0.25) is 0 Å². The van der Waals surface area contributed by atoms with E-state index in [2.05, 4.69) is 11.8 Å². The lowest BCUT2D eigenvalue weighted by Gasteiger charge is -2.34. The second-order valence-electron chi connectivity index (χ2n) is 6.26. The number of carboxylic acid groups (broad SMARTS) is 1. The Labute approximate surface area is 161 Å². The van der Waals surface area contributed by atoms with Gasteiger partial charge in [-0.15, -0.1) is 11.3 Å². The minimum Gasteiger partial charge on any atom is -0.481 e. The van der Waals surface area contributed by atoms with Crippen LogP contribution in [0.2, 0.25) is 5.02 Å². The highest BCUT2D eigenvalue weighted by Crippen LogP contribution is 2.45. The van der Waals surface area contributed by atoms with Gasteiger partial charge in [0.05, 0.1) is 17.1 Å². The monoisotopic (exact) mass is 408 g/mol. The van der Waals surface area contributed by atoms with Gasteiger partial charge in [-0.3, -0.25) is 4.79 Å². The third kappa shape index (κ3) is 3.80. The number of hydrogen-bond donors (Lipinski definition) is 1. The molecule has 1 aromatic carbocycles. The maximum atomic E-state index is 12.8. The van der Waals surface area contributed by atoms with E-state index in [1.165, 1.54) is 11.3 Å². The summed E-state index contributed by atoms with van der Waals surface area (Å²) in [6.07, 6.45) is 1.22. The average Bonchev–Trinajstić information content (AvgIpc) is 3.05. The van der Waals surface area contributed by atoms with E-state index in [-0.39, 0.29) is 5.75 Å². The summed E-state index contributed by atoms with van der Waals surface area (Å²) < 4.78 is 24.2. The van der Waals surface area contributed by atoms with Crippen molar-refractivity contribution < 1.29 is 18.3 Å². The van der Waals surface area contributed by atoms with Gasteiger partial charge in [0.25, 0.3) is 0 Å². The molecule has 1 saturated heterocycles. The van der Waals surface area contributed by atoms with Gasteiger partial charge in [0.15, 0.2) is 9.84 Å². The van der Waals surface area contributed by atoms with Crippen molar-refractivity contribution in [2.45, 2.75) is 30.4 Å². The van der Waals surface area contributed by atoms with Crippen LogP contribution in [-0.2, 0) is 19.4 Å². The van der Waals surface area contributed by atoms with Crippen LogP contribution in [0.4, 0.5) is 0 Å². The largest absolute Gasteiger partial charge is 0.481 e. The average molecular weight is 409 g/mol. The minimum atomic E-state index is -3.53. The van der Waals surface area contributed by atoms with E-state index in [0.717, 1.165) is 5.56 Å². The summed E-state index contributed by atoms with van der Waals surface area (Å²) in [5, 5.41) is 9.94. The fourth-order valence-corrected chi connectivity index (χ4v) is 6.93. The molecule has 1 fully saturated rings. The van der Waals surface area contributed by atoms with E-state index in [0.29, 0.717) is 34.0 Å². The van der Waals surface area contributed by atoms with Crippen LogP contribution in [0, 0.1) is 11.8 Å². The number of aliphatic carboxylic acids is 1. The Morgan fingerprint density at radius 1 is 1.15 bits per heavy atom. The highest BCUT2D eigenvalue weighted by atomic mass is 35.5. The standard InChI is InChI=1S/C19H17ClO4S2/c20-15-6-3-14(4-7-15)5-8-16-9-10-17(25-16)19(13-18(21)22)11-1-2-12-26(19,23)24/h3-4,6-7,9-10H,1-2,11-13H2,(H,21,22)/t19-/m0/s1. The summed E-state index contributed by atoms with van der Waals surface area (Å²) in [5.74, 6) is 4.97. The summed E-state index contributed by atoms with van der Waals surface area (Å²) in [5.41, 5.74) is 0.801. The number of sulfone groups is 1. The molecule has 0 aliphatic carbocycles. The van der Waals surface area contributed by atoms with Crippen molar-refractivity contribution in [1.29, 1.82) is 0 Å². The van der Waals surface area contributed by atoms with Crippen LogP contribution in [0.15, 0.2) is 36.4 Å². The predicted octanol–water partition coefficient (Wildman–Crippen LogP) is 4.07. The van der Waals surface area contributed by atoms with Crippen LogP contribution in [0.25, 0.3) is 0 Å². The second kappa shape index (κ2) is 7.43. The Bertz CT molecular complexity index is 981. The van der Waals surface area contributed by atoms with Gasteiger partial charge >= 0.3 is 5.97 Å². The molecular formula is C19H17ClO4S2. The van der Waals surface area contributed by atoms with E-state index in [1.807, 2.05) is 0 Å². The first-order valence-electron chi connectivity index (χ1n) is 8.14. The summed E-state index contributed by atoms with van der Waals surface area (Å²) in [4.78, 5) is 12.7. The van der Waals surface area contributed by atoms with Gasteiger partial charge in [0.1, 0.15) is 4.75 Å². The molecule has 0 bridgehead atoms.